The molecular formula is C16H21NO4S. The molecule has 0 aliphatic carbocycles. The molecule has 2 aromatic rings. The molecule has 1 aromatic heterocycles. The first kappa shape index (κ1) is 16.7. The third-order valence-electron chi connectivity index (χ3n) is 3.35. The van der Waals surface area contributed by atoms with Crippen LogP contribution < -0.4 is 4.72 Å². The molecule has 0 radical (unpaired) electrons. The van der Waals surface area contributed by atoms with Crippen LogP contribution in [0.5, 0.6) is 0 Å². The van der Waals surface area contributed by atoms with E-state index in [1.54, 1.807) is 30.3 Å². The van der Waals surface area contributed by atoms with Gasteiger partial charge in [0.1, 0.15) is 11.8 Å². The number of hydrogen-bond acceptors (Lipinski definition) is 4. The minimum Gasteiger partial charge on any atom is -0.468 e. The number of nitrogens with one attached hydrogen (secondary N) is 1. The molecule has 1 atom stereocenters. The van der Waals surface area contributed by atoms with E-state index < -0.39 is 16.1 Å². The van der Waals surface area contributed by atoms with Gasteiger partial charge in [-0.25, -0.2) is 8.42 Å². The van der Waals surface area contributed by atoms with E-state index in [9.17, 15) is 13.5 Å². The molecule has 0 aliphatic heterocycles. The minimum atomic E-state index is -3.78. The molecule has 0 spiro atoms. The summed E-state index contributed by atoms with van der Waals surface area (Å²) < 4.78 is 33.1. The van der Waals surface area contributed by atoms with Crippen LogP contribution in [0.3, 0.4) is 0 Å². The van der Waals surface area contributed by atoms with Crippen molar-refractivity contribution < 1.29 is 17.9 Å². The molecule has 0 fully saturated rings. The normalized spacial score (nSPS) is 14.0. The lowest BCUT2D eigenvalue weighted by Gasteiger charge is -2.23. The first-order chi connectivity index (χ1) is 10.3. The quantitative estimate of drug-likeness (QED) is 0.886. The number of rotatable bonds is 5. The number of hydrogen-bond donors (Lipinski definition) is 2. The zero-order chi connectivity index (χ0) is 16.4. The summed E-state index contributed by atoms with van der Waals surface area (Å²) >= 11 is 0. The summed E-state index contributed by atoms with van der Waals surface area (Å²) in [4.78, 5) is 0.215. The van der Waals surface area contributed by atoms with E-state index in [-0.39, 0.29) is 16.9 Å². The van der Waals surface area contributed by atoms with Crippen molar-refractivity contribution in [3.63, 3.8) is 0 Å². The third kappa shape index (κ3) is 3.58. The monoisotopic (exact) mass is 323 g/mol. The van der Waals surface area contributed by atoms with E-state index >= 15 is 0 Å². The smallest absolute Gasteiger partial charge is 0.241 e. The van der Waals surface area contributed by atoms with E-state index in [0.717, 1.165) is 5.56 Å². The van der Waals surface area contributed by atoms with Crippen molar-refractivity contribution >= 4 is 10.0 Å². The van der Waals surface area contributed by atoms with Gasteiger partial charge in [0, 0.05) is 0 Å². The first-order valence-electron chi connectivity index (χ1n) is 7.02. The number of furan rings is 1. The van der Waals surface area contributed by atoms with Gasteiger partial charge in [0.05, 0.1) is 17.8 Å². The predicted octanol–water partition coefficient (Wildman–Crippen LogP) is 2.59. The van der Waals surface area contributed by atoms with Crippen molar-refractivity contribution in [2.24, 2.45) is 0 Å². The third-order valence-corrected chi connectivity index (χ3v) is 4.88. The van der Waals surface area contributed by atoms with E-state index in [4.69, 9.17) is 4.42 Å². The average molecular weight is 323 g/mol. The fourth-order valence-electron chi connectivity index (χ4n) is 2.25. The van der Waals surface area contributed by atoms with E-state index in [1.807, 2.05) is 26.8 Å². The molecule has 2 rings (SSSR count). The molecule has 6 heteroatoms. The van der Waals surface area contributed by atoms with Gasteiger partial charge in [-0.05, 0) is 29.2 Å². The van der Waals surface area contributed by atoms with E-state index in [0.29, 0.717) is 5.76 Å². The van der Waals surface area contributed by atoms with Crippen molar-refractivity contribution in [2.75, 3.05) is 6.61 Å². The lowest BCUT2D eigenvalue weighted by Crippen LogP contribution is -2.32. The van der Waals surface area contributed by atoms with Crippen LogP contribution in [0.25, 0.3) is 0 Å². The second-order valence-corrected chi connectivity index (χ2v) is 7.80. The number of aliphatic hydroxyl groups excluding tert-OH is 1. The van der Waals surface area contributed by atoms with Gasteiger partial charge >= 0.3 is 0 Å². The Hall–Kier alpha value is -1.63. The van der Waals surface area contributed by atoms with Crippen molar-refractivity contribution in [2.45, 2.75) is 37.1 Å². The molecule has 2 N–H and O–H groups in total. The highest BCUT2D eigenvalue weighted by atomic mass is 32.2. The topological polar surface area (TPSA) is 79.5 Å². The lowest BCUT2D eigenvalue weighted by atomic mass is 9.87. The molecule has 5 nitrogen and oxygen atoms in total. The van der Waals surface area contributed by atoms with Gasteiger partial charge in [-0.3, -0.25) is 0 Å². The number of aliphatic hydroxyl groups is 1. The summed E-state index contributed by atoms with van der Waals surface area (Å²) in [5, 5.41) is 9.45. The van der Waals surface area contributed by atoms with Crippen molar-refractivity contribution in [1.82, 2.24) is 4.72 Å². The molecule has 0 saturated heterocycles. The van der Waals surface area contributed by atoms with Crippen molar-refractivity contribution in [1.29, 1.82) is 0 Å². The highest BCUT2D eigenvalue weighted by Crippen LogP contribution is 2.29. The summed E-state index contributed by atoms with van der Waals surface area (Å²) in [5.41, 5.74) is 0.406. The van der Waals surface area contributed by atoms with Crippen LogP contribution >= 0.6 is 0 Å². The van der Waals surface area contributed by atoms with Crippen LogP contribution in [0, 0.1) is 0 Å². The molecule has 1 aromatic carbocycles. The second-order valence-electron chi connectivity index (χ2n) is 6.12. The van der Waals surface area contributed by atoms with Gasteiger partial charge in [0.25, 0.3) is 0 Å². The SMILES string of the molecule is CC(C)(C)c1ccccc1S(=O)(=O)NC(CO)c1ccco1. The molecule has 0 amide bonds. The Kier molecular flexibility index (Phi) is 4.75. The van der Waals surface area contributed by atoms with Gasteiger partial charge in [-0.15, -0.1) is 0 Å². The van der Waals surface area contributed by atoms with Gasteiger partial charge in [-0.1, -0.05) is 39.0 Å². The van der Waals surface area contributed by atoms with Crippen LogP contribution in [-0.4, -0.2) is 20.1 Å². The maximum atomic E-state index is 12.7. The average Bonchev–Trinajstić information content (AvgIpc) is 2.98. The molecule has 22 heavy (non-hydrogen) atoms. The van der Waals surface area contributed by atoms with Gasteiger partial charge in [-0.2, -0.15) is 4.72 Å². The summed E-state index contributed by atoms with van der Waals surface area (Å²) in [5.74, 6) is 0.374. The van der Waals surface area contributed by atoms with Crippen LogP contribution in [0.2, 0.25) is 0 Å². The van der Waals surface area contributed by atoms with Gasteiger partial charge in [0.15, 0.2) is 0 Å². The van der Waals surface area contributed by atoms with Gasteiger partial charge < -0.3 is 9.52 Å². The summed E-state index contributed by atoms with van der Waals surface area (Å²) in [6, 6.07) is 9.33. The zero-order valence-corrected chi connectivity index (χ0v) is 13.7. The number of benzene rings is 1. The molecular weight excluding hydrogens is 302 g/mol. The standard InChI is InChI=1S/C16H21NO4S/c1-16(2,3)12-7-4-5-9-15(12)22(19,20)17-13(11-18)14-8-6-10-21-14/h4-10,13,17-18H,11H2,1-3H3. The minimum absolute atomic E-state index is 0.215. The maximum Gasteiger partial charge on any atom is 0.241 e. The van der Waals surface area contributed by atoms with E-state index in [2.05, 4.69) is 4.72 Å². The second kappa shape index (κ2) is 6.24. The first-order valence-corrected chi connectivity index (χ1v) is 8.50. The molecule has 0 aliphatic rings. The largest absolute Gasteiger partial charge is 0.468 e. The molecule has 0 bridgehead atoms. The van der Waals surface area contributed by atoms with Gasteiger partial charge in [0.2, 0.25) is 10.0 Å². The fourth-order valence-corrected chi connectivity index (χ4v) is 3.86. The molecule has 1 unspecified atom stereocenters. The molecule has 1 heterocycles. The molecule has 120 valence electrons. The Bertz CT molecular complexity index is 715. The highest BCUT2D eigenvalue weighted by molar-refractivity contribution is 7.89. The van der Waals surface area contributed by atoms with Crippen LogP contribution in [-0.2, 0) is 15.4 Å². The Morgan fingerprint density at radius 3 is 2.41 bits per heavy atom. The summed E-state index contributed by atoms with van der Waals surface area (Å²) in [6.07, 6.45) is 1.44. The van der Waals surface area contributed by atoms with Crippen LogP contribution in [0.15, 0.2) is 52.0 Å². The number of sulfonamides is 1. The molecule has 0 saturated carbocycles. The van der Waals surface area contributed by atoms with Crippen LogP contribution in [0.1, 0.15) is 38.1 Å². The predicted molar refractivity (Wildman–Crippen MR) is 84.0 cm³/mol. The summed E-state index contributed by atoms with van der Waals surface area (Å²) in [6.45, 7) is 5.48. The van der Waals surface area contributed by atoms with Crippen molar-refractivity contribution in [3.05, 3.63) is 54.0 Å². The summed E-state index contributed by atoms with van der Waals surface area (Å²) in [7, 11) is -3.78. The van der Waals surface area contributed by atoms with Crippen molar-refractivity contribution in [3.8, 4) is 0 Å². The Morgan fingerprint density at radius 2 is 1.86 bits per heavy atom. The Labute approximate surface area is 131 Å². The fraction of sp³-hybridized carbons (Fsp3) is 0.375. The maximum absolute atomic E-state index is 12.7. The van der Waals surface area contributed by atoms with Crippen LogP contribution in [0.4, 0.5) is 0 Å². The Balaban J connectivity index is 2.39. The zero-order valence-electron chi connectivity index (χ0n) is 12.9. The highest BCUT2D eigenvalue weighted by Gasteiger charge is 2.28. The Morgan fingerprint density at radius 1 is 1.18 bits per heavy atom. The van der Waals surface area contributed by atoms with E-state index in [1.165, 1.54) is 6.26 Å². The lowest BCUT2D eigenvalue weighted by molar-refractivity contribution is 0.242.